The van der Waals surface area contributed by atoms with Crippen molar-refractivity contribution < 1.29 is 62.2 Å². The summed E-state index contributed by atoms with van der Waals surface area (Å²) in [5, 5.41) is 55.6. The molecule has 0 fully saturated rings. The first kappa shape index (κ1) is 32.9. The molecule has 0 bridgehead atoms. The first-order chi connectivity index (χ1) is 9.74. The molecule has 0 aliphatic carbocycles. The van der Waals surface area contributed by atoms with Gasteiger partial charge in [-0.25, -0.2) is 0 Å². The Hall–Kier alpha value is -0.870. The predicted octanol–water partition coefficient (Wildman–Crippen LogP) is -3.62. The molecule has 22 heavy (non-hydrogen) atoms. The molecule has 0 aromatic heterocycles. The van der Waals surface area contributed by atoms with Crippen molar-refractivity contribution in [1.29, 1.82) is 0 Å². The van der Waals surface area contributed by atoms with Gasteiger partial charge in [0, 0.05) is 14.0 Å². The van der Waals surface area contributed by atoms with E-state index in [9.17, 15) is 17.3 Å². The Morgan fingerprint density at radius 1 is 0.727 bits per heavy atom. The highest BCUT2D eigenvalue weighted by atomic mass is 19.1. The monoisotopic (exact) mass is 343 g/mol. The van der Waals surface area contributed by atoms with Crippen LogP contribution < -0.4 is 0 Å². The van der Waals surface area contributed by atoms with Gasteiger partial charge in [-0.05, 0) is 0 Å². The summed E-state index contributed by atoms with van der Waals surface area (Å²) in [6.07, 6.45) is 0. The summed E-state index contributed by atoms with van der Waals surface area (Å²) in [5.41, 5.74) is 0. The molecule has 0 aliphatic rings. The standard InChI is InChI=1S/C4H9NO.4BFH2O2/c1-4(5-2)6-3;4*2-1(3)4/h1-3H3;4*3-4H/b5-4+;;;;. The van der Waals surface area contributed by atoms with E-state index < -0.39 is 29.6 Å². The molecule has 0 spiro atoms. The molecule has 0 aliphatic heterocycles. The third kappa shape index (κ3) is 642. The second kappa shape index (κ2) is 28.3. The van der Waals surface area contributed by atoms with Crippen LogP contribution in [0.3, 0.4) is 0 Å². The quantitative estimate of drug-likeness (QED) is 0.0952. The van der Waals surface area contributed by atoms with Crippen molar-refractivity contribution in [2.75, 3.05) is 14.2 Å². The van der Waals surface area contributed by atoms with Crippen LogP contribution in [0.1, 0.15) is 6.92 Å². The minimum Gasteiger partial charge on any atom is -0.485 e. The van der Waals surface area contributed by atoms with Gasteiger partial charge >= 0.3 is 29.6 Å². The summed E-state index contributed by atoms with van der Waals surface area (Å²) in [4.78, 5) is 3.70. The summed E-state index contributed by atoms with van der Waals surface area (Å²) in [6.45, 7) is 1.81. The summed E-state index contributed by atoms with van der Waals surface area (Å²) in [7, 11) is -7.37. The van der Waals surface area contributed by atoms with Crippen LogP contribution in [0.4, 0.5) is 17.3 Å². The zero-order valence-electron chi connectivity index (χ0n) is 11.8. The van der Waals surface area contributed by atoms with Crippen molar-refractivity contribution in [2.45, 2.75) is 6.92 Å². The molecule has 0 heterocycles. The second-order valence-electron chi connectivity index (χ2n) is 2.19. The molecular formula is C4H17B4F4NO9. The molecule has 0 unspecified atom stereocenters. The topological polar surface area (TPSA) is 183 Å². The largest absolute Gasteiger partial charge is 0.674 e. The van der Waals surface area contributed by atoms with Crippen molar-refractivity contribution in [3.8, 4) is 0 Å². The zero-order valence-corrected chi connectivity index (χ0v) is 11.8. The Labute approximate surface area is 125 Å². The Morgan fingerprint density at radius 2 is 0.864 bits per heavy atom. The Balaban J connectivity index is -0.0000000555. The van der Waals surface area contributed by atoms with E-state index in [0.29, 0.717) is 0 Å². The average molecular weight is 342 g/mol. The van der Waals surface area contributed by atoms with Crippen LogP contribution in [0.25, 0.3) is 0 Å². The summed E-state index contributed by atoms with van der Waals surface area (Å²) in [6, 6.07) is 0. The molecular weight excluding hydrogens is 325 g/mol. The highest BCUT2D eigenvalue weighted by molar-refractivity contribution is 6.32. The van der Waals surface area contributed by atoms with Crippen molar-refractivity contribution >= 4 is 35.5 Å². The molecule has 0 aromatic rings. The highest BCUT2D eigenvalue weighted by Gasteiger charge is 1.98. The lowest BCUT2D eigenvalue weighted by Crippen LogP contribution is -1.98. The third-order valence-corrected chi connectivity index (χ3v) is 0.610. The number of nitrogens with zero attached hydrogens (tertiary/aromatic N) is 1. The smallest absolute Gasteiger partial charge is 0.485 e. The molecule has 0 radical (unpaired) electrons. The minimum absolute atomic E-state index is 0.718. The van der Waals surface area contributed by atoms with Crippen LogP contribution >= 0.6 is 0 Å². The van der Waals surface area contributed by atoms with Crippen LogP contribution in [0.2, 0.25) is 0 Å². The third-order valence-electron chi connectivity index (χ3n) is 0.610. The molecule has 0 aromatic carbocycles. The van der Waals surface area contributed by atoms with Gasteiger partial charge in [-0.15, -0.1) is 0 Å². The maximum atomic E-state index is 10.1. The van der Waals surface area contributed by atoms with Gasteiger partial charge in [-0.3, -0.25) is 22.3 Å². The van der Waals surface area contributed by atoms with Gasteiger partial charge < -0.3 is 44.9 Å². The Morgan fingerprint density at radius 3 is 0.864 bits per heavy atom. The molecule has 0 saturated heterocycles. The fourth-order valence-corrected chi connectivity index (χ4v) is 0.0913. The molecule has 8 N–H and O–H groups in total. The first-order valence-electron chi connectivity index (χ1n) is 4.72. The van der Waals surface area contributed by atoms with E-state index in [2.05, 4.69) is 9.73 Å². The first-order valence-corrected chi connectivity index (χ1v) is 4.72. The van der Waals surface area contributed by atoms with Crippen LogP contribution in [0.15, 0.2) is 4.99 Å². The SMILES string of the molecule is C/N=C(\C)OC.OB(O)F.OB(O)F.OB(O)F.OB(O)F. The predicted molar refractivity (Wildman–Crippen MR) is 71.2 cm³/mol. The number of hydrogen-bond acceptors (Lipinski definition) is 10. The van der Waals surface area contributed by atoms with E-state index in [1.807, 2.05) is 0 Å². The normalized spacial score (nSPS) is 8.05. The summed E-state index contributed by atoms with van der Waals surface area (Å²) < 4.78 is 45.1. The fourth-order valence-electron chi connectivity index (χ4n) is 0.0913. The maximum Gasteiger partial charge on any atom is 0.674 e. The Kier molecular flexibility index (Phi) is 42.4. The lowest BCUT2D eigenvalue weighted by atomic mass is 10.3. The number of aliphatic imine (C=N–C) groups is 1. The lowest BCUT2D eigenvalue weighted by Gasteiger charge is -1.90. The van der Waals surface area contributed by atoms with Crippen LogP contribution in [0.5, 0.6) is 0 Å². The van der Waals surface area contributed by atoms with E-state index in [1.54, 1.807) is 21.1 Å². The van der Waals surface area contributed by atoms with E-state index in [4.69, 9.17) is 40.2 Å². The van der Waals surface area contributed by atoms with Crippen LogP contribution in [-0.2, 0) is 4.74 Å². The maximum absolute atomic E-state index is 10.1. The van der Waals surface area contributed by atoms with Gasteiger partial charge in [0.25, 0.3) is 0 Å². The molecule has 0 amide bonds. The number of halogens is 4. The van der Waals surface area contributed by atoms with Gasteiger partial charge in [-0.2, -0.15) is 0 Å². The van der Waals surface area contributed by atoms with Gasteiger partial charge in [-0.1, -0.05) is 0 Å². The fraction of sp³-hybridized carbons (Fsp3) is 0.750. The van der Waals surface area contributed by atoms with E-state index in [1.165, 1.54) is 0 Å². The molecule has 132 valence electrons. The van der Waals surface area contributed by atoms with Crippen molar-refractivity contribution in [3.63, 3.8) is 0 Å². The number of rotatable bonds is 0. The number of hydrogen-bond donors (Lipinski definition) is 8. The van der Waals surface area contributed by atoms with Gasteiger partial charge in [0.05, 0.1) is 7.11 Å². The van der Waals surface area contributed by atoms with Crippen LogP contribution in [-0.4, -0.2) is 89.8 Å². The second-order valence-corrected chi connectivity index (χ2v) is 2.19. The van der Waals surface area contributed by atoms with Gasteiger partial charge in [0.2, 0.25) is 0 Å². The van der Waals surface area contributed by atoms with Crippen molar-refractivity contribution in [2.24, 2.45) is 4.99 Å². The molecule has 0 rings (SSSR count). The molecule has 0 saturated carbocycles. The van der Waals surface area contributed by atoms with E-state index in [-0.39, 0.29) is 0 Å². The summed E-state index contributed by atoms with van der Waals surface area (Å²) >= 11 is 0. The van der Waals surface area contributed by atoms with Gasteiger partial charge in [0.15, 0.2) is 5.90 Å². The highest BCUT2D eigenvalue weighted by Crippen LogP contribution is 1.69. The van der Waals surface area contributed by atoms with Crippen LogP contribution in [0, 0.1) is 0 Å². The van der Waals surface area contributed by atoms with E-state index in [0.717, 1.165) is 5.90 Å². The summed E-state index contributed by atoms with van der Waals surface area (Å²) in [5.74, 6) is 0.718. The zero-order chi connectivity index (χ0) is 19.3. The van der Waals surface area contributed by atoms with Crippen molar-refractivity contribution in [3.05, 3.63) is 0 Å². The average Bonchev–Trinajstić information content (AvgIpc) is 2.24. The lowest BCUT2D eigenvalue weighted by molar-refractivity contribution is 0.338. The Bertz CT molecular complexity index is 181. The van der Waals surface area contributed by atoms with Crippen molar-refractivity contribution in [1.82, 2.24) is 0 Å². The van der Waals surface area contributed by atoms with E-state index >= 15 is 0 Å². The minimum atomic E-state index is -2.67. The molecule has 0 atom stereocenters. The molecule has 10 nitrogen and oxygen atoms in total. The number of ether oxygens (including phenoxy) is 1. The molecule has 18 heteroatoms. The van der Waals surface area contributed by atoms with Gasteiger partial charge in [0.1, 0.15) is 0 Å². The number of methoxy groups -OCH3 is 1.